The van der Waals surface area contributed by atoms with Crippen LogP contribution in [0.15, 0.2) is 53.4 Å². The highest BCUT2D eigenvalue weighted by Gasteiger charge is 2.28. The van der Waals surface area contributed by atoms with E-state index in [4.69, 9.17) is 4.74 Å². The van der Waals surface area contributed by atoms with Crippen molar-refractivity contribution < 1.29 is 18.3 Å². The molecule has 1 fully saturated rings. The number of sulfone groups is 1. The van der Waals surface area contributed by atoms with Crippen molar-refractivity contribution in [2.75, 3.05) is 5.75 Å². The first-order valence-electron chi connectivity index (χ1n) is 6.83. The molecule has 0 atom stereocenters. The van der Waals surface area contributed by atoms with E-state index in [1.54, 1.807) is 36.4 Å². The van der Waals surface area contributed by atoms with Crippen LogP contribution in [0.2, 0.25) is 0 Å². The van der Waals surface area contributed by atoms with Gasteiger partial charge in [0.05, 0.1) is 10.6 Å². The lowest BCUT2D eigenvalue weighted by Gasteiger charge is -2.07. The van der Waals surface area contributed by atoms with Crippen LogP contribution >= 0.6 is 0 Å². The van der Waals surface area contributed by atoms with Gasteiger partial charge in [-0.3, -0.25) is 0 Å². The van der Waals surface area contributed by atoms with Gasteiger partial charge in [-0.25, -0.2) is 8.42 Å². The monoisotopic (exact) mass is 304 g/mol. The van der Waals surface area contributed by atoms with Crippen LogP contribution < -0.4 is 4.74 Å². The van der Waals surface area contributed by atoms with E-state index in [-0.39, 0.29) is 11.5 Å². The van der Waals surface area contributed by atoms with E-state index in [9.17, 15) is 13.5 Å². The summed E-state index contributed by atoms with van der Waals surface area (Å²) < 4.78 is 29.8. The van der Waals surface area contributed by atoms with Gasteiger partial charge in [-0.05, 0) is 67.3 Å². The van der Waals surface area contributed by atoms with E-state index in [2.05, 4.69) is 0 Å². The van der Waals surface area contributed by atoms with Crippen molar-refractivity contribution in [3.8, 4) is 17.2 Å². The van der Waals surface area contributed by atoms with Crippen LogP contribution in [0.5, 0.6) is 17.2 Å². The number of ether oxygens (including phenoxy) is 1. The van der Waals surface area contributed by atoms with Crippen molar-refractivity contribution in [1.29, 1.82) is 0 Å². The zero-order valence-corrected chi connectivity index (χ0v) is 12.2. The van der Waals surface area contributed by atoms with Crippen molar-refractivity contribution in [1.82, 2.24) is 0 Å². The Hall–Kier alpha value is -2.01. The molecule has 1 saturated carbocycles. The topological polar surface area (TPSA) is 63.6 Å². The quantitative estimate of drug-likeness (QED) is 0.920. The zero-order valence-electron chi connectivity index (χ0n) is 11.4. The third kappa shape index (κ3) is 3.55. The number of phenolic OH excluding ortho intramolecular Hbond substituents is 1. The summed E-state index contributed by atoms with van der Waals surface area (Å²) in [6, 6.07) is 12.8. The van der Waals surface area contributed by atoms with Gasteiger partial charge in [0.15, 0.2) is 9.84 Å². The molecule has 0 radical (unpaired) electrons. The Kier molecular flexibility index (Phi) is 3.59. The van der Waals surface area contributed by atoms with Crippen molar-refractivity contribution in [3.05, 3.63) is 48.5 Å². The molecule has 2 aromatic carbocycles. The molecule has 0 saturated heterocycles. The van der Waals surface area contributed by atoms with E-state index in [1.807, 2.05) is 0 Å². The normalized spacial score (nSPS) is 14.9. The summed E-state index contributed by atoms with van der Waals surface area (Å²) in [4.78, 5) is 0.340. The Morgan fingerprint density at radius 2 is 1.48 bits per heavy atom. The molecule has 0 heterocycles. The van der Waals surface area contributed by atoms with Crippen LogP contribution in [-0.2, 0) is 9.84 Å². The first-order chi connectivity index (χ1) is 10.0. The minimum Gasteiger partial charge on any atom is -0.508 e. The Balaban J connectivity index is 1.72. The molecule has 1 aliphatic rings. The van der Waals surface area contributed by atoms with Gasteiger partial charge in [-0.15, -0.1) is 0 Å². The molecule has 2 aromatic rings. The predicted molar refractivity (Wildman–Crippen MR) is 79.4 cm³/mol. The fourth-order valence-electron chi connectivity index (χ4n) is 2.06. The van der Waals surface area contributed by atoms with E-state index in [0.717, 1.165) is 12.8 Å². The van der Waals surface area contributed by atoms with Gasteiger partial charge in [0, 0.05) is 0 Å². The standard InChI is InChI=1S/C16H16O4S/c17-13-3-5-14(6-4-13)20-15-7-9-16(10-8-15)21(18,19)11-12-1-2-12/h3-10,12,17H,1-2,11H2. The molecule has 0 amide bonds. The fraction of sp³-hybridized carbons (Fsp3) is 0.250. The maximum absolute atomic E-state index is 12.1. The third-order valence-corrected chi connectivity index (χ3v) is 5.31. The van der Waals surface area contributed by atoms with Gasteiger partial charge in [0.1, 0.15) is 17.2 Å². The summed E-state index contributed by atoms with van der Waals surface area (Å²) in [6.07, 6.45) is 2.03. The number of rotatable bonds is 5. The van der Waals surface area contributed by atoms with Crippen molar-refractivity contribution in [3.63, 3.8) is 0 Å². The average Bonchev–Trinajstić information content (AvgIpc) is 3.25. The molecule has 110 valence electrons. The molecule has 4 nitrogen and oxygen atoms in total. The van der Waals surface area contributed by atoms with Gasteiger partial charge in [-0.2, -0.15) is 0 Å². The largest absolute Gasteiger partial charge is 0.508 e. The maximum Gasteiger partial charge on any atom is 0.178 e. The zero-order chi connectivity index (χ0) is 14.9. The molecule has 0 bridgehead atoms. The third-order valence-electron chi connectivity index (χ3n) is 3.41. The highest BCUT2D eigenvalue weighted by atomic mass is 32.2. The Morgan fingerprint density at radius 3 is 2.00 bits per heavy atom. The van der Waals surface area contributed by atoms with E-state index in [1.165, 1.54) is 12.1 Å². The minimum absolute atomic E-state index is 0.170. The summed E-state index contributed by atoms with van der Waals surface area (Å²) in [5.74, 6) is 1.89. The highest BCUT2D eigenvalue weighted by molar-refractivity contribution is 7.91. The summed E-state index contributed by atoms with van der Waals surface area (Å²) in [5.41, 5.74) is 0. The lowest BCUT2D eigenvalue weighted by atomic mass is 10.3. The maximum atomic E-state index is 12.1. The molecule has 1 N–H and O–H groups in total. The van der Waals surface area contributed by atoms with Gasteiger partial charge in [0.2, 0.25) is 0 Å². The molecule has 0 aromatic heterocycles. The molecule has 0 spiro atoms. The number of hydrogen-bond donors (Lipinski definition) is 1. The van der Waals surface area contributed by atoms with Crippen molar-refractivity contribution in [2.24, 2.45) is 5.92 Å². The van der Waals surface area contributed by atoms with Crippen LogP contribution in [0.1, 0.15) is 12.8 Å². The lowest BCUT2D eigenvalue weighted by molar-refractivity contribution is 0.464. The van der Waals surface area contributed by atoms with Gasteiger partial charge >= 0.3 is 0 Å². The molecular formula is C16H16O4S. The van der Waals surface area contributed by atoms with Crippen molar-refractivity contribution >= 4 is 9.84 Å². The second-order valence-electron chi connectivity index (χ2n) is 5.29. The Morgan fingerprint density at radius 1 is 0.952 bits per heavy atom. The minimum atomic E-state index is -3.18. The molecule has 3 rings (SSSR count). The molecule has 1 aliphatic carbocycles. The van der Waals surface area contributed by atoms with Crippen LogP contribution in [0.3, 0.4) is 0 Å². The first-order valence-corrected chi connectivity index (χ1v) is 8.48. The van der Waals surface area contributed by atoms with E-state index < -0.39 is 9.84 Å². The second kappa shape index (κ2) is 5.41. The van der Waals surface area contributed by atoms with E-state index in [0.29, 0.717) is 22.3 Å². The number of phenols is 1. The van der Waals surface area contributed by atoms with E-state index >= 15 is 0 Å². The molecule has 0 unspecified atom stereocenters. The fourth-order valence-corrected chi connectivity index (χ4v) is 3.75. The molecule has 5 heteroatoms. The summed E-state index contributed by atoms with van der Waals surface area (Å²) >= 11 is 0. The average molecular weight is 304 g/mol. The predicted octanol–water partition coefficient (Wildman–Crippen LogP) is 3.37. The first kappa shape index (κ1) is 13.9. The smallest absolute Gasteiger partial charge is 0.178 e. The SMILES string of the molecule is O=S(=O)(CC1CC1)c1ccc(Oc2ccc(O)cc2)cc1. The summed E-state index contributed by atoms with van der Waals surface area (Å²) in [6.45, 7) is 0. The van der Waals surface area contributed by atoms with Crippen LogP contribution in [0, 0.1) is 5.92 Å². The number of benzene rings is 2. The second-order valence-corrected chi connectivity index (χ2v) is 7.33. The highest BCUT2D eigenvalue weighted by Crippen LogP contribution is 2.32. The molecular weight excluding hydrogens is 288 g/mol. The number of hydrogen-bond acceptors (Lipinski definition) is 4. The Bertz CT molecular complexity index is 714. The Labute approximate surface area is 123 Å². The number of aromatic hydroxyl groups is 1. The van der Waals surface area contributed by atoms with Crippen LogP contribution in [0.25, 0.3) is 0 Å². The summed E-state index contributed by atoms with van der Waals surface area (Å²) in [5, 5.41) is 9.20. The van der Waals surface area contributed by atoms with Gasteiger partial charge in [0.25, 0.3) is 0 Å². The molecule has 21 heavy (non-hydrogen) atoms. The van der Waals surface area contributed by atoms with Gasteiger partial charge in [-0.1, -0.05) is 0 Å². The van der Waals surface area contributed by atoms with Crippen LogP contribution in [-0.4, -0.2) is 19.3 Å². The van der Waals surface area contributed by atoms with Crippen molar-refractivity contribution in [2.45, 2.75) is 17.7 Å². The van der Waals surface area contributed by atoms with Gasteiger partial charge < -0.3 is 9.84 Å². The summed E-state index contributed by atoms with van der Waals surface area (Å²) in [7, 11) is -3.18. The van der Waals surface area contributed by atoms with Crippen LogP contribution in [0.4, 0.5) is 0 Å². The lowest BCUT2D eigenvalue weighted by Crippen LogP contribution is -2.08. The molecule has 0 aliphatic heterocycles.